The lowest BCUT2D eigenvalue weighted by molar-refractivity contribution is 0.301. The molecule has 0 amide bonds. The van der Waals surface area contributed by atoms with Crippen LogP contribution in [0.15, 0.2) is 61.1 Å². The van der Waals surface area contributed by atoms with Crippen LogP contribution in [0.4, 0.5) is 15.9 Å². The highest BCUT2D eigenvalue weighted by molar-refractivity contribution is 6.32. The molecule has 1 N–H and O–H groups in total. The molecule has 0 bridgehead atoms. The molecule has 0 spiro atoms. The zero-order valence-corrected chi connectivity index (χ0v) is 16.2. The molecule has 2 aromatic carbocycles. The molecule has 6 nitrogen and oxygen atoms in total. The SMILES string of the molecule is COc1ccc2c(Nc3ccc(OCc4ccc(F)cn4)c(Cl)c3)ncnc2c1. The average molecular weight is 411 g/mol. The lowest BCUT2D eigenvalue weighted by atomic mass is 10.2. The fourth-order valence-corrected chi connectivity index (χ4v) is 2.97. The van der Waals surface area contributed by atoms with E-state index in [2.05, 4.69) is 20.3 Å². The van der Waals surface area contributed by atoms with Crippen LogP contribution < -0.4 is 14.8 Å². The van der Waals surface area contributed by atoms with E-state index in [1.807, 2.05) is 24.3 Å². The summed E-state index contributed by atoms with van der Waals surface area (Å²) in [7, 11) is 1.61. The Morgan fingerprint density at radius 1 is 1.03 bits per heavy atom. The van der Waals surface area contributed by atoms with Crippen LogP contribution in [0.1, 0.15) is 5.69 Å². The summed E-state index contributed by atoms with van der Waals surface area (Å²) in [5.74, 6) is 1.48. The molecule has 0 saturated heterocycles. The summed E-state index contributed by atoms with van der Waals surface area (Å²) in [6.07, 6.45) is 2.63. The van der Waals surface area contributed by atoms with E-state index in [9.17, 15) is 4.39 Å². The smallest absolute Gasteiger partial charge is 0.141 e. The first kappa shape index (κ1) is 18.9. The number of halogens is 2. The highest BCUT2D eigenvalue weighted by atomic mass is 35.5. The molecular formula is C21H16ClFN4O2. The van der Waals surface area contributed by atoms with E-state index in [1.165, 1.54) is 12.4 Å². The van der Waals surface area contributed by atoms with Crippen LogP contribution >= 0.6 is 11.6 Å². The molecule has 0 aliphatic rings. The van der Waals surface area contributed by atoms with Crippen LogP contribution in [0, 0.1) is 5.82 Å². The second-order valence-corrected chi connectivity index (χ2v) is 6.54. The molecule has 0 radical (unpaired) electrons. The van der Waals surface area contributed by atoms with Crippen LogP contribution in [0.25, 0.3) is 10.9 Å². The Balaban J connectivity index is 1.51. The van der Waals surface area contributed by atoms with Gasteiger partial charge in [-0.2, -0.15) is 0 Å². The predicted octanol–water partition coefficient (Wildman–Crippen LogP) is 5.15. The van der Waals surface area contributed by atoms with E-state index in [0.29, 0.717) is 22.3 Å². The Kier molecular flexibility index (Phi) is 5.39. The summed E-state index contributed by atoms with van der Waals surface area (Å²) in [6.45, 7) is 0.186. The van der Waals surface area contributed by atoms with Gasteiger partial charge < -0.3 is 14.8 Å². The van der Waals surface area contributed by atoms with E-state index in [1.54, 1.807) is 25.3 Å². The topological polar surface area (TPSA) is 69.2 Å². The average Bonchev–Trinajstić information content (AvgIpc) is 2.74. The molecule has 0 atom stereocenters. The predicted molar refractivity (Wildman–Crippen MR) is 109 cm³/mol. The Labute approximate surface area is 171 Å². The van der Waals surface area contributed by atoms with Crippen molar-refractivity contribution < 1.29 is 13.9 Å². The molecule has 2 aromatic heterocycles. The number of anilines is 2. The number of hydrogen-bond acceptors (Lipinski definition) is 6. The van der Waals surface area contributed by atoms with Crippen LogP contribution in [-0.4, -0.2) is 22.1 Å². The van der Waals surface area contributed by atoms with Gasteiger partial charge in [0.05, 0.1) is 29.5 Å². The van der Waals surface area contributed by atoms with Crippen molar-refractivity contribution in [1.82, 2.24) is 15.0 Å². The first-order chi connectivity index (χ1) is 14.1. The molecule has 0 aliphatic heterocycles. The van der Waals surface area contributed by atoms with Gasteiger partial charge in [0, 0.05) is 17.1 Å². The number of methoxy groups -OCH3 is 1. The van der Waals surface area contributed by atoms with E-state index < -0.39 is 5.82 Å². The molecular weight excluding hydrogens is 395 g/mol. The Hall–Kier alpha value is -3.45. The second-order valence-electron chi connectivity index (χ2n) is 6.13. The first-order valence-electron chi connectivity index (χ1n) is 8.71. The van der Waals surface area contributed by atoms with Crippen molar-refractivity contribution >= 4 is 34.0 Å². The molecule has 8 heteroatoms. The summed E-state index contributed by atoms with van der Waals surface area (Å²) in [6, 6.07) is 13.8. The number of fused-ring (bicyclic) bond motifs is 1. The number of ether oxygens (including phenoxy) is 2. The highest BCUT2D eigenvalue weighted by Gasteiger charge is 2.08. The van der Waals surface area contributed by atoms with Gasteiger partial charge in [-0.25, -0.2) is 14.4 Å². The molecule has 2 heterocycles. The maximum atomic E-state index is 12.9. The van der Waals surface area contributed by atoms with Gasteiger partial charge in [0.1, 0.15) is 36.1 Å². The largest absolute Gasteiger partial charge is 0.497 e. The first-order valence-corrected chi connectivity index (χ1v) is 9.09. The maximum absolute atomic E-state index is 12.9. The summed E-state index contributed by atoms with van der Waals surface area (Å²) < 4.78 is 23.8. The third-order valence-electron chi connectivity index (χ3n) is 4.20. The molecule has 4 rings (SSSR count). The number of nitrogens with one attached hydrogen (secondary N) is 1. The van der Waals surface area contributed by atoms with Gasteiger partial charge in [-0.1, -0.05) is 11.6 Å². The Morgan fingerprint density at radius 2 is 1.93 bits per heavy atom. The molecule has 146 valence electrons. The monoisotopic (exact) mass is 410 g/mol. The summed E-state index contributed by atoms with van der Waals surface area (Å²) in [4.78, 5) is 12.6. The standard InChI is InChI=1S/C21H16ClFN4O2/c1-28-16-5-6-17-19(9-16)25-12-26-21(17)27-14-4-7-20(18(22)8-14)29-11-15-3-2-13(23)10-24-15/h2-10,12H,11H2,1H3,(H,25,26,27). The van der Waals surface area contributed by atoms with Crippen molar-refractivity contribution in [2.45, 2.75) is 6.61 Å². The van der Waals surface area contributed by atoms with Crippen LogP contribution in [0.3, 0.4) is 0 Å². The minimum atomic E-state index is -0.391. The van der Waals surface area contributed by atoms with Crippen LogP contribution in [0.2, 0.25) is 5.02 Å². The van der Waals surface area contributed by atoms with Crippen molar-refractivity contribution in [3.63, 3.8) is 0 Å². The second kappa shape index (κ2) is 8.28. The fraction of sp³-hybridized carbons (Fsp3) is 0.0952. The lowest BCUT2D eigenvalue weighted by Crippen LogP contribution is -2.00. The minimum Gasteiger partial charge on any atom is -0.497 e. The molecule has 0 saturated carbocycles. The molecule has 0 fully saturated rings. The van der Waals surface area contributed by atoms with Gasteiger partial charge in [-0.05, 0) is 42.5 Å². The van der Waals surface area contributed by atoms with Crippen molar-refractivity contribution in [1.29, 1.82) is 0 Å². The van der Waals surface area contributed by atoms with E-state index in [0.717, 1.165) is 28.5 Å². The van der Waals surface area contributed by atoms with Gasteiger partial charge >= 0.3 is 0 Å². The normalized spacial score (nSPS) is 10.7. The summed E-state index contributed by atoms with van der Waals surface area (Å²) in [5.41, 5.74) is 2.12. The number of nitrogens with zero attached hydrogens (tertiary/aromatic N) is 3. The molecule has 0 aliphatic carbocycles. The zero-order chi connectivity index (χ0) is 20.2. The number of aromatic nitrogens is 3. The van der Waals surface area contributed by atoms with Gasteiger partial charge in [0.15, 0.2) is 0 Å². The number of rotatable bonds is 6. The van der Waals surface area contributed by atoms with Crippen molar-refractivity contribution in [3.05, 3.63) is 77.6 Å². The minimum absolute atomic E-state index is 0.186. The van der Waals surface area contributed by atoms with Crippen molar-refractivity contribution in [3.8, 4) is 11.5 Å². The van der Waals surface area contributed by atoms with E-state index >= 15 is 0 Å². The summed E-state index contributed by atoms with van der Waals surface area (Å²) in [5, 5.41) is 4.53. The highest BCUT2D eigenvalue weighted by Crippen LogP contribution is 2.31. The number of pyridine rings is 1. The Bertz CT molecular complexity index is 1160. The Morgan fingerprint density at radius 3 is 2.69 bits per heavy atom. The number of benzene rings is 2. The quantitative estimate of drug-likeness (QED) is 0.474. The fourth-order valence-electron chi connectivity index (χ4n) is 2.74. The van der Waals surface area contributed by atoms with Gasteiger partial charge in [-0.3, -0.25) is 4.98 Å². The molecule has 29 heavy (non-hydrogen) atoms. The third-order valence-corrected chi connectivity index (χ3v) is 4.50. The van der Waals surface area contributed by atoms with Crippen molar-refractivity contribution in [2.24, 2.45) is 0 Å². The maximum Gasteiger partial charge on any atom is 0.141 e. The van der Waals surface area contributed by atoms with Gasteiger partial charge in [-0.15, -0.1) is 0 Å². The summed E-state index contributed by atoms with van der Waals surface area (Å²) >= 11 is 6.35. The lowest BCUT2D eigenvalue weighted by Gasteiger charge is -2.12. The van der Waals surface area contributed by atoms with Crippen LogP contribution in [0.5, 0.6) is 11.5 Å². The number of hydrogen-bond donors (Lipinski definition) is 1. The zero-order valence-electron chi connectivity index (χ0n) is 15.4. The van der Waals surface area contributed by atoms with Gasteiger partial charge in [0.25, 0.3) is 0 Å². The third kappa shape index (κ3) is 4.35. The molecule has 0 unspecified atom stereocenters. The van der Waals surface area contributed by atoms with Crippen molar-refractivity contribution in [2.75, 3.05) is 12.4 Å². The van der Waals surface area contributed by atoms with Gasteiger partial charge in [0.2, 0.25) is 0 Å². The molecule has 4 aromatic rings. The van der Waals surface area contributed by atoms with E-state index in [4.69, 9.17) is 21.1 Å². The van der Waals surface area contributed by atoms with Crippen LogP contribution in [-0.2, 0) is 6.61 Å². The van der Waals surface area contributed by atoms with E-state index in [-0.39, 0.29) is 6.61 Å².